The lowest BCUT2D eigenvalue weighted by atomic mass is 10.1. The van der Waals surface area contributed by atoms with Gasteiger partial charge in [0.15, 0.2) is 11.6 Å². The highest BCUT2D eigenvalue weighted by Gasteiger charge is 2.21. The van der Waals surface area contributed by atoms with E-state index in [1.165, 1.54) is 29.9 Å². The van der Waals surface area contributed by atoms with Crippen molar-refractivity contribution in [3.63, 3.8) is 0 Å². The zero-order valence-corrected chi connectivity index (χ0v) is 44.8. The summed E-state index contributed by atoms with van der Waals surface area (Å²) in [6.45, 7) is 7.22. The largest absolute Gasteiger partial charge is 0.494 e. The summed E-state index contributed by atoms with van der Waals surface area (Å²) >= 11 is 0. The number of aliphatic carboxylic acids is 1. The van der Waals surface area contributed by atoms with E-state index in [-0.39, 0.29) is 137 Å². The van der Waals surface area contributed by atoms with E-state index in [0.717, 1.165) is 44.9 Å². The highest BCUT2D eigenvalue weighted by atomic mass is 33.1. The summed E-state index contributed by atoms with van der Waals surface area (Å²) in [5.74, 6) is -1.55. The van der Waals surface area contributed by atoms with Crippen LogP contribution >= 0.6 is 21.6 Å². The van der Waals surface area contributed by atoms with Crippen LogP contribution in [0.4, 0.5) is 0 Å². The van der Waals surface area contributed by atoms with Gasteiger partial charge in [0, 0.05) is 62.8 Å². The molecule has 0 aliphatic carbocycles. The van der Waals surface area contributed by atoms with Crippen molar-refractivity contribution in [2.75, 3.05) is 84.1 Å². The van der Waals surface area contributed by atoms with Crippen molar-refractivity contribution in [2.45, 2.75) is 142 Å². The normalized spacial score (nSPS) is 12.3. The maximum Gasteiger partial charge on any atom is 0.335 e. The van der Waals surface area contributed by atoms with Gasteiger partial charge >= 0.3 is 11.9 Å². The molecule has 0 saturated carbocycles. The van der Waals surface area contributed by atoms with Gasteiger partial charge in [-0.25, -0.2) is 9.59 Å². The summed E-state index contributed by atoms with van der Waals surface area (Å²) in [5.41, 5.74) is 0.220. The minimum atomic E-state index is -1.20. The summed E-state index contributed by atoms with van der Waals surface area (Å²) in [5, 5.41) is 29.2. The van der Waals surface area contributed by atoms with E-state index in [9.17, 15) is 48.3 Å². The number of carboxylic acids is 2. The van der Waals surface area contributed by atoms with Gasteiger partial charge in [0.2, 0.25) is 23.6 Å². The summed E-state index contributed by atoms with van der Waals surface area (Å²) in [6.07, 6.45) is 10.4. The van der Waals surface area contributed by atoms with Gasteiger partial charge < -0.3 is 55.2 Å². The number of nitrogens with one attached hydrogen (secondary N) is 4. The Morgan fingerprint density at radius 3 is 1.78 bits per heavy atom. The first-order chi connectivity index (χ1) is 35.1. The van der Waals surface area contributed by atoms with Crippen LogP contribution in [-0.4, -0.2) is 159 Å². The molecule has 0 fully saturated rings. The molecular weight excluding hydrogens is 989 g/mol. The fourth-order valence-corrected chi connectivity index (χ4v) is 9.00. The Kier molecular flexibility index (Phi) is 39.8. The second-order valence-corrected chi connectivity index (χ2v) is 20.1. The van der Waals surface area contributed by atoms with Gasteiger partial charge in [0.1, 0.15) is 30.8 Å². The molecule has 4 amide bonds. The highest BCUT2D eigenvalue weighted by Crippen LogP contribution is 2.25. The first-order valence-electron chi connectivity index (χ1n) is 25.5. The number of unbranched alkanes of at least 4 members (excludes halogenated alkanes) is 8. The molecule has 6 N–H and O–H groups in total. The Morgan fingerprint density at radius 1 is 0.521 bits per heavy atom. The lowest BCUT2D eigenvalue weighted by molar-refractivity contribution is -0.142. The molecule has 1 aromatic rings. The number of amides is 4. The standard InChI is InChI=1S/C51H82N4O16S2/c1-38(39(2)56)37-73-72-34-24-48(61)54-44(40(3)57)16-11-12-25-52-49(62)36-70-33-30-67-27-14-15-42(58)35-69-32-31-68-29-26-53-46(59)23-22-45(51(65)66)55-47(60)17-10-8-6-4-5-7-9-13-28-71-43-20-18-41(19-21-43)50(63)64/h18-21,38,44-45H,4-17,22-37H2,1-3H3,(H,52,62)(H,53,59)(H,54,61)(H,55,60)(H,63,64)(H,65,66)/t38-,44-,45-/m0/s1. The molecule has 20 nitrogen and oxygen atoms in total. The van der Waals surface area contributed by atoms with Gasteiger partial charge in [-0.1, -0.05) is 67.0 Å². The number of carboxylic acid groups (broad SMARTS) is 2. The van der Waals surface area contributed by atoms with Crippen molar-refractivity contribution in [2.24, 2.45) is 5.92 Å². The Morgan fingerprint density at radius 2 is 1.12 bits per heavy atom. The molecule has 22 heteroatoms. The number of Topliss-reactive ketones (excluding diaryl/α,β-unsaturated/α-hetero) is 3. The predicted molar refractivity (Wildman–Crippen MR) is 279 cm³/mol. The van der Waals surface area contributed by atoms with Crippen molar-refractivity contribution in [3.8, 4) is 5.75 Å². The third-order valence-corrected chi connectivity index (χ3v) is 13.7. The molecule has 0 aromatic heterocycles. The van der Waals surface area contributed by atoms with Crippen molar-refractivity contribution in [1.82, 2.24) is 21.3 Å². The van der Waals surface area contributed by atoms with E-state index in [1.54, 1.807) is 29.9 Å². The molecule has 0 aliphatic heterocycles. The molecule has 73 heavy (non-hydrogen) atoms. The molecular formula is C51H82N4O16S2. The topological polar surface area (TPSA) is 288 Å². The van der Waals surface area contributed by atoms with Gasteiger partial charge in [-0.3, -0.25) is 33.6 Å². The number of hydrogen-bond donors (Lipinski definition) is 6. The van der Waals surface area contributed by atoms with Crippen LogP contribution in [0.15, 0.2) is 24.3 Å². The Balaban J connectivity index is 1.95. The number of ether oxygens (including phenoxy) is 5. The molecule has 414 valence electrons. The van der Waals surface area contributed by atoms with Gasteiger partial charge in [-0.05, 0) is 83.1 Å². The molecule has 0 heterocycles. The van der Waals surface area contributed by atoms with Crippen LogP contribution < -0.4 is 26.0 Å². The molecule has 0 radical (unpaired) electrons. The van der Waals surface area contributed by atoms with Crippen LogP contribution in [0, 0.1) is 5.92 Å². The van der Waals surface area contributed by atoms with Crippen molar-refractivity contribution in [3.05, 3.63) is 29.8 Å². The van der Waals surface area contributed by atoms with Crippen LogP contribution in [-0.2, 0) is 57.3 Å². The van der Waals surface area contributed by atoms with Crippen molar-refractivity contribution in [1.29, 1.82) is 0 Å². The summed E-state index contributed by atoms with van der Waals surface area (Å²) in [7, 11) is 3.09. The fraction of sp³-hybridized carbons (Fsp3) is 0.706. The zero-order chi connectivity index (χ0) is 53.9. The van der Waals surface area contributed by atoms with E-state index in [0.29, 0.717) is 69.1 Å². The third kappa shape index (κ3) is 38.6. The van der Waals surface area contributed by atoms with Gasteiger partial charge in [-0.2, -0.15) is 0 Å². The predicted octanol–water partition coefficient (Wildman–Crippen LogP) is 5.51. The lowest BCUT2D eigenvalue weighted by Crippen LogP contribution is -2.41. The van der Waals surface area contributed by atoms with E-state index in [1.807, 2.05) is 6.92 Å². The Bertz CT molecular complexity index is 1770. The number of carbonyl (C=O) groups excluding carboxylic acids is 7. The molecule has 0 bridgehead atoms. The fourth-order valence-electron chi connectivity index (χ4n) is 6.57. The number of rotatable bonds is 49. The number of benzene rings is 1. The lowest BCUT2D eigenvalue weighted by Gasteiger charge is -2.16. The highest BCUT2D eigenvalue weighted by molar-refractivity contribution is 8.76. The van der Waals surface area contributed by atoms with E-state index in [2.05, 4.69) is 21.3 Å². The van der Waals surface area contributed by atoms with Crippen molar-refractivity contribution < 1.29 is 77.0 Å². The molecule has 0 unspecified atom stereocenters. The molecule has 1 rings (SSSR count). The molecule has 0 saturated heterocycles. The Labute approximate surface area is 438 Å². The van der Waals surface area contributed by atoms with Crippen LogP contribution in [0.5, 0.6) is 5.75 Å². The minimum Gasteiger partial charge on any atom is -0.494 e. The minimum absolute atomic E-state index is 0.0216. The maximum atomic E-state index is 12.4. The number of hydrogen-bond acceptors (Lipinski definition) is 16. The number of aromatic carboxylic acids is 1. The second-order valence-electron chi connectivity index (χ2n) is 17.5. The van der Waals surface area contributed by atoms with E-state index >= 15 is 0 Å². The van der Waals surface area contributed by atoms with Crippen molar-refractivity contribution >= 4 is 74.5 Å². The van der Waals surface area contributed by atoms with E-state index in [4.69, 9.17) is 28.8 Å². The Hall–Kier alpha value is -4.61. The number of carbonyl (C=O) groups is 9. The van der Waals surface area contributed by atoms with Gasteiger partial charge in [0.05, 0.1) is 51.2 Å². The number of ketones is 3. The van der Waals surface area contributed by atoms with Crippen LogP contribution in [0.25, 0.3) is 0 Å². The smallest absolute Gasteiger partial charge is 0.335 e. The first-order valence-corrected chi connectivity index (χ1v) is 28.0. The molecule has 1 aromatic carbocycles. The zero-order valence-electron chi connectivity index (χ0n) is 43.2. The average molecular weight is 1070 g/mol. The average Bonchev–Trinajstić information content (AvgIpc) is 3.35. The van der Waals surface area contributed by atoms with E-state index < -0.39 is 24.0 Å². The molecule has 0 spiro atoms. The second kappa shape index (κ2) is 43.8. The molecule has 3 atom stereocenters. The van der Waals surface area contributed by atoms with Gasteiger partial charge in [-0.15, -0.1) is 0 Å². The molecule has 0 aliphatic rings. The summed E-state index contributed by atoms with van der Waals surface area (Å²) in [6, 6.07) is 4.59. The first kappa shape index (κ1) is 66.4. The monoisotopic (exact) mass is 1070 g/mol. The van der Waals surface area contributed by atoms with Crippen LogP contribution in [0.1, 0.15) is 140 Å². The maximum absolute atomic E-state index is 12.4. The summed E-state index contributed by atoms with van der Waals surface area (Å²) < 4.78 is 27.2. The third-order valence-electron chi connectivity index (χ3n) is 11.1. The van der Waals surface area contributed by atoms with Gasteiger partial charge in [0.25, 0.3) is 0 Å². The SMILES string of the molecule is CC(=O)[C@H](CCCCNC(=O)COCCOCCCC(=O)COCCOCCNC(=O)CC[C@H](NC(=O)CCCCCCCCCCOc1ccc(C(=O)O)cc1)C(=O)O)NC(=O)CCSSC[C@H](C)C(C)=O. The van der Waals surface area contributed by atoms with Crippen LogP contribution in [0.3, 0.4) is 0 Å². The van der Waals surface area contributed by atoms with Crippen LogP contribution in [0.2, 0.25) is 0 Å². The summed E-state index contributed by atoms with van der Waals surface area (Å²) in [4.78, 5) is 107. The quantitative estimate of drug-likeness (QED) is 0.0346.